The minimum absolute atomic E-state index is 0.321. The molecule has 6 nitrogen and oxygen atoms in total. The molecule has 26 heavy (non-hydrogen) atoms. The van der Waals surface area contributed by atoms with Gasteiger partial charge in [-0.15, -0.1) is 0 Å². The van der Waals surface area contributed by atoms with E-state index in [0.29, 0.717) is 12.8 Å². The summed E-state index contributed by atoms with van der Waals surface area (Å²) >= 11 is 0. The quantitative estimate of drug-likeness (QED) is 0.602. The molecule has 2 aliphatic rings. The van der Waals surface area contributed by atoms with Crippen molar-refractivity contribution in [1.29, 1.82) is 0 Å². The molecule has 0 saturated carbocycles. The number of ether oxygens (including phenoxy) is 2. The summed E-state index contributed by atoms with van der Waals surface area (Å²) in [6.07, 6.45) is 3.59. The van der Waals surface area contributed by atoms with Gasteiger partial charge < -0.3 is 20.1 Å². The second kappa shape index (κ2) is 9.12. The number of aliphatic imine (C=N–C) groups is 1. The molecule has 0 aliphatic carbocycles. The van der Waals surface area contributed by atoms with Crippen molar-refractivity contribution in [2.24, 2.45) is 10.9 Å². The van der Waals surface area contributed by atoms with Gasteiger partial charge in [-0.1, -0.05) is 13.0 Å². The van der Waals surface area contributed by atoms with Gasteiger partial charge in [-0.3, -0.25) is 9.89 Å². The van der Waals surface area contributed by atoms with Gasteiger partial charge in [0.05, 0.1) is 0 Å². The zero-order chi connectivity index (χ0) is 18.4. The third-order valence-electron chi connectivity index (χ3n) is 5.24. The van der Waals surface area contributed by atoms with Crippen molar-refractivity contribution >= 4 is 5.96 Å². The number of rotatable bonds is 6. The number of guanidine groups is 1. The Hall–Kier alpha value is -1.95. The minimum Gasteiger partial charge on any atom is -0.454 e. The van der Waals surface area contributed by atoms with Crippen LogP contribution in [0, 0.1) is 5.92 Å². The fourth-order valence-electron chi connectivity index (χ4n) is 3.64. The molecule has 0 spiro atoms. The number of nitrogens with zero attached hydrogens (tertiary/aromatic N) is 2. The molecule has 1 saturated heterocycles. The van der Waals surface area contributed by atoms with E-state index in [2.05, 4.69) is 46.5 Å². The van der Waals surface area contributed by atoms with Crippen LogP contribution in [0.3, 0.4) is 0 Å². The molecule has 2 N–H and O–H groups in total. The van der Waals surface area contributed by atoms with E-state index in [1.165, 1.54) is 31.5 Å². The first-order chi connectivity index (χ1) is 12.7. The largest absolute Gasteiger partial charge is 0.454 e. The number of nitrogens with one attached hydrogen (secondary N) is 2. The van der Waals surface area contributed by atoms with E-state index < -0.39 is 0 Å². The normalized spacial score (nSPS) is 21.5. The second-order valence-electron chi connectivity index (χ2n) is 7.41. The Morgan fingerprint density at radius 3 is 2.96 bits per heavy atom. The van der Waals surface area contributed by atoms with Crippen molar-refractivity contribution in [1.82, 2.24) is 15.5 Å². The van der Waals surface area contributed by atoms with Crippen molar-refractivity contribution in [2.75, 3.05) is 40.0 Å². The maximum atomic E-state index is 5.43. The Kier molecular flexibility index (Phi) is 6.61. The molecule has 3 rings (SSSR count). The Balaban J connectivity index is 1.39. The van der Waals surface area contributed by atoms with Crippen LogP contribution in [0.15, 0.2) is 23.2 Å². The number of benzene rings is 1. The topological polar surface area (TPSA) is 58.1 Å². The molecule has 2 heterocycles. The fraction of sp³-hybridized carbons (Fsp3) is 0.650. The zero-order valence-electron chi connectivity index (χ0n) is 16.3. The van der Waals surface area contributed by atoms with Crippen LogP contribution in [0.1, 0.15) is 32.3 Å². The summed E-state index contributed by atoms with van der Waals surface area (Å²) in [5.74, 6) is 3.35. The van der Waals surface area contributed by atoms with Gasteiger partial charge in [-0.2, -0.15) is 0 Å². The highest BCUT2D eigenvalue weighted by atomic mass is 16.7. The first-order valence-corrected chi connectivity index (χ1v) is 9.73. The first-order valence-electron chi connectivity index (χ1n) is 9.73. The first kappa shape index (κ1) is 18.8. The maximum absolute atomic E-state index is 5.43. The molecule has 0 aromatic heterocycles. The fourth-order valence-corrected chi connectivity index (χ4v) is 3.64. The maximum Gasteiger partial charge on any atom is 0.231 e. The number of likely N-dealkylation sites (tertiary alicyclic amines) is 1. The van der Waals surface area contributed by atoms with Crippen LogP contribution in [0.5, 0.6) is 11.5 Å². The van der Waals surface area contributed by atoms with Crippen LogP contribution < -0.4 is 20.1 Å². The second-order valence-corrected chi connectivity index (χ2v) is 7.41. The van der Waals surface area contributed by atoms with Gasteiger partial charge in [0.1, 0.15) is 0 Å². The molecule has 1 aromatic rings. The molecule has 0 amide bonds. The van der Waals surface area contributed by atoms with Crippen molar-refractivity contribution in [3.63, 3.8) is 0 Å². The smallest absolute Gasteiger partial charge is 0.231 e. The van der Waals surface area contributed by atoms with E-state index in [1.54, 1.807) is 0 Å². The van der Waals surface area contributed by atoms with Gasteiger partial charge in [-0.05, 0) is 56.3 Å². The summed E-state index contributed by atoms with van der Waals surface area (Å²) in [4.78, 5) is 6.92. The molecule has 0 bridgehead atoms. The molecule has 1 fully saturated rings. The van der Waals surface area contributed by atoms with Gasteiger partial charge in [-0.25, -0.2) is 0 Å². The molecule has 0 radical (unpaired) electrons. The predicted octanol–water partition coefficient (Wildman–Crippen LogP) is 2.24. The number of hydrogen-bond acceptors (Lipinski definition) is 4. The Morgan fingerprint density at radius 1 is 1.31 bits per heavy atom. The third-order valence-corrected chi connectivity index (χ3v) is 5.24. The van der Waals surface area contributed by atoms with E-state index in [0.717, 1.165) is 42.9 Å². The third kappa shape index (κ3) is 5.04. The van der Waals surface area contributed by atoms with E-state index in [4.69, 9.17) is 9.47 Å². The van der Waals surface area contributed by atoms with Crippen molar-refractivity contribution in [3.8, 4) is 11.5 Å². The van der Waals surface area contributed by atoms with Crippen molar-refractivity contribution in [2.45, 2.75) is 39.2 Å². The lowest BCUT2D eigenvalue weighted by Gasteiger charge is -2.35. The minimum atomic E-state index is 0.321. The lowest BCUT2D eigenvalue weighted by molar-refractivity contribution is 0.139. The Bertz CT molecular complexity index is 620. The molecule has 2 aliphatic heterocycles. The van der Waals surface area contributed by atoms with Gasteiger partial charge >= 0.3 is 0 Å². The highest BCUT2D eigenvalue weighted by Gasteiger charge is 2.20. The Labute approximate surface area is 157 Å². The monoisotopic (exact) mass is 360 g/mol. The van der Waals surface area contributed by atoms with Crippen LogP contribution >= 0.6 is 0 Å². The lowest BCUT2D eigenvalue weighted by Crippen LogP contribution is -2.48. The van der Waals surface area contributed by atoms with Gasteiger partial charge in [0.25, 0.3) is 0 Å². The van der Waals surface area contributed by atoms with E-state index in [1.807, 2.05) is 13.1 Å². The van der Waals surface area contributed by atoms with Gasteiger partial charge in [0, 0.05) is 32.7 Å². The van der Waals surface area contributed by atoms with Crippen molar-refractivity contribution < 1.29 is 9.47 Å². The lowest BCUT2D eigenvalue weighted by atomic mass is 9.99. The molecular weight excluding hydrogens is 328 g/mol. The summed E-state index contributed by atoms with van der Waals surface area (Å²) in [5, 5.41) is 6.86. The average molecular weight is 361 g/mol. The van der Waals surface area contributed by atoms with Crippen LogP contribution in [-0.2, 0) is 6.42 Å². The summed E-state index contributed by atoms with van der Waals surface area (Å²) < 4.78 is 10.8. The standard InChI is InChI=1S/C20H32N4O2/c1-15-5-4-10-24(13-15)16(2)12-23-20(21-3)22-9-8-17-6-7-18-19(11-17)26-14-25-18/h6-7,11,15-16H,4-5,8-10,12-14H2,1-3H3,(H2,21,22,23). The van der Waals surface area contributed by atoms with E-state index in [9.17, 15) is 0 Å². The molecule has 6 heteroatoms. The number of fused-ring (bicyclic) bond motifs is 1. The summed E-state index contributed by atoms with van der Waals surface area (Å²) in [6, 6.07) is 6.64. The molecular formula is C20H32N4O2. The summed E-state index contributed by atoms with van der Waals surface area (Å²) in [7, 11) is 1.82. The van der Waals surface area contributed by atoms with E-state index >= 15 is 0 Å². The van der Waals surface area contributed by atoms with Crippen molar-refractivity contribution in [3.05, 3.63) is 23.8 Å². The predicted molar refractivity (Wildman–Crippen MR) is 105 cm³/mol. The van der Waals surface area contributed by atoms with Gasteiger partial charge in [0.15, 0.2) is 17.5 Å². The van der Waals surface area contributed by atoms with Crippen LogP contribution in [0.25, 0.3) is 0 Å². The summed E-state index contributed by atoms with van der Waals surface area (Å²) in [6.45, 7) is 9.13. The van der Waals surface area contributed by atoms with E-state index in [-0.39, 0.29) is 0 Å². The molecule has 1 aromatic carbocycles. The van der Waals surface area contributed by atoms with Gasteiger partial charge in [0.2, 0.25) is 6.79 Å². The molecule has 2 unspecified atom stereocenters. The molecule has 144 valence electrons. The average Bonchev–Trinajstić information content (AvgIpc) is 3.12. The van der Waals surface area contributed by atoms with Crippen LogP contribution in [0.4, 0.5) is 0 Å². The summed E-state index contributed by atoms with van der Waals surface area (Å²) in [5.41, 5.74) is 1.23. The van der Waals surface area contributed by atoms with Crippen LogP contribution in [0.2, 0.25) is 0 Å². The highest BCUT2D eigenvalue weighted by molar-refractivity contribution is 5.79. The SMILES string of the molecule is CN=C(NCCc1ccc2c(c1)OCO2)NCC(C)N1CCCC(C)C1. The Morgan fingerprint density at radius 2 is 2.15 bits per heavy atom. The number of piperidine rings is 1. The highest BCUT2D eigenvalue weighted by Crippen LogP contribution is 2.32. The molecule has 2 atom stereocenters. The zero-order valence-corrected chi connectivity index (χ0v) is 16.3. The number of hydrogen-bond donors (Lipinski definition) is 2. The van der Waals surface area contributed by atoms with Crippen LogP contribution in [-0.4, -0.2) is 56.9 Å².